The molecule has 6 nitrogen and oxygen atoms in total. The highest BCUT2D eigenvalue weighted by Crippen LogP contribution is 2.20. The molecule has 128 valence electrons. The molecule has 0 aliphatic heterocycles. The Kier molecular flexibility index (Phi) is 5.30. The predicted octanol–water partition coefficient (Wildman–Crippen LogP) is 3.65. The smallest absolute Gasteiger partial charge is 0.258 e. The van der Waals surface area contributed by atoms with Crippen LogP contribution in [0, 0.1) is 0 Å². The van der Waals surface area contributed by atoms with Gasteiger partial charge in [0.15, 0.2) is 6.61 Å². The Balaban J connectivity index is 1.52. The fraction of sp³-hybridized carbons (Fsp3) is 0.167. The largest absolute Gasteiger partial charge is 0.484 e. The van der Waals surface area contributed by atoms with Gasteiger partial charge in [-0.2, -0.15) is 0 Å². The first-order valence-corrected chi connectivity index (χ1v) is 8.04. The van der Waals surface area contributed by atoms with Gasteiger partial charge in [-0.25, -0.2) is 0 Å². The van der Waals surface area contributed by atoms with Gasteiger partial charge in [0.25, 0.3) is 5.91 Å². The third-order valence-electron chi connectivity index (χ3n) is 3.56. The Morgan fingerprint density at radius 2 is 2.08 bits per heavy atom. The van der Waals surface area contributed by atoms with Crippen molar-refractivity contribution in [1.82, 2.24) is 15.5 Å². The molecule has 0 spiro atoms. The van der Waals surface area contributed by atoms with Crippen LogP contribution in [0.15, 0.2) is 59.3 Å². The third kappa shape index (κ3) is 4.58. The second-order valence-electron chi connectivity index (χ2n) is 5.40. The molecule has 1 aromatic heterocycles. The molecule has 0 radical (unpaired) electrons. The van der Waals surface area contributed by atoms with Crippen LogP contribution in [0.1, 0.15) is 18.5 Å². The van der Waals surface area contributed by atoms with Crippen LogP contribution in [0.3, 0.4) is 0 Å². The molecule has 0 unspecified atom stereocenters. The highest BCUT2D eigenvalue weighted by atomic mass is 35.5. The van der Waals surface area contributed by atoms with Gasteiger partial charge in [-0.1, -0.05) is 23.7 Å². The van der Waals surface area contributed by atoms with E-state index in [0.717, 1.165) is 11.1 Å². The number of hydrogen-bond acceptors (Lipinski definition) is 5. The summed E-state index contributed by atoms with van der Waals surface area (Å²) in [6, 6.07) is 14.3. The van der Waals surface area contributed by atoms with E-state index in [2.05, 4.69) is 15.5 Å². The maximum Gasteiger partial charge on any atom is 0.258 e. The molecule has 2 aromatic carbocycles. The molecule has 1 atom stereocenters. The zero-order valence-corrected chi connectivity index (χ0v) is 14.2. The van der Waals surface area contributed by atoms with Crippen LogP contribution in [0.2, 0.25) is 5.02 Å². The maximum absolute atomic E-state index is 12.0. The number of amides is 1. The molecule has 3 rings (SSSR count). The lowest BCUT2D eigenvalue weighted by Crippen LogP contribution is -2.31. The Morgan fingerprint density at radius 1 is 1.28 bits per heavy atom. The van der Waals surface area contributed by atoms with Crippen LogP contribution in [0.4, 0.5) is 0 Å². The zero-order valence-electron chi connectivity index (χ0n) is 13.5. The van der Waals surface area contributed by atoms with Crippen molar-refractivity contribution < 1.29 is 13.9 Å². The zero-order chi connectivity index (χ0) is 17.6. The first-order chi connectivity index (χ1) is 12.1. The monoisotopic (exact) mass is 357 g/mol. The van der Waals surface area contributed by atoms with E-state index in [-0.39, 0.29) is 18.6 Å². The number of halogens is 1. The summed E-state index contributed by atoms with van der Waals surface area (Å²) in [7, 11) is 0. The van der Waals surface area contributed by atoms with Gasteiger partial charge in [0, 0.05) is 10.6 Å². The Labute approximate surface area is 149 Å². The van der Waals surface area contributed by atoms with E-state index in [1.807, 2.05) is 25.1 Å². The molecule has 0 bridgehead atoms. The summed E-state index contributed by atoms with van der Waals surface area (Å²) in [5, 5.41) is 11.0. The van der Waals surface area contributed by atoms with Crippen LogP contribution < -0.4 is 10.1 Å². The molecule has 1 heterocycles. The van der Waals surface area contributed by atoms with Crippen molar-refractivity contribution in [2.75, 3.05) is 6.61 Å². The first-order valence-electron chi connectivity index (χ1n) is 7.66. The number of nitrogens with zero attached hydrogens (tertiary/aromatic N) is 2. The molecular weight excluding hydrogens is 342 g/mol. The highest BCUT2D eigenvalue weighted by molar-refractivity contribution is 6.30. The Bertz CT molecular complexity index is 835. The van der Waals surface area contributed by atoms with Gasteiger partial charge in [-0.15, -0.1) is 10.2 Å². The molecule has 0 fully saturated rings. The lowest BCUT2D eigenvalue weighted by molar-refractivity contribution is -0.123. The van der Waals surface area contributed by atoms with Crippen LogP contribution >= 0.6 is 11.6 Å². The van der Waals surface area contributed by atoms with Crippen molar-refractivity contribution in [2.24, 2.45) is 0 Å². The second kappa shape index (κ2) is 7.81. The predicted molar refractivity (Wildman–Crippen MR) is 93.2 cm³/mol. The molecule has 0 saturated heterocycles. The minimum absolute atomic E-state index is 0.0786. The summed E-state index contributed by atoms with van der Waals surface area (Å²) in [5.41, 5.74) is 1.72. The van der Waals surface area contributed by atoms with E-state index in [4.69, 9.17) is 20.8 Å². The van der Waals surface area contributed by atoms with Crippen LogP contribution in [-0.4, -0.2) is 22.7 Å². The van der Waals surface area contributed by atoms with E-state index in [0.29, 0.717) is 16.7 Å². The fourth-order valence-corrected chi connectivity index (χ4v) is 2.48. The van der Waals surface area contributed by atoms with E-state index in [1.165, 1.54) is 6.39 Å². The number of hydrogen-bond donors (Lipinski definition) is 1. The number of rotatable bonds is 6. The topological polar surface area (TPSA) is 77.2 Å². The van der Waals surface area contributed by atoms with Crippen molar-refractivity contribution in [3.63, 3.8) is 0 Å². The van der Waals surface area contributed by atoms with Crippen molar-refractivity contribution in [1.29, 1.82) is 0 Å². The van der Waals surface area contributed by atoms with Crippen LogP contribution in [-0.2, 0) is 4.79 Å². The summed E-state index contributed by atoms with van der Waals surface area (Å²) in [6.45, 7) is 1.81. The first kappa shape index (κ1) is 17.0. The number of carbonyl (C=O) groups excluding carboxylic acids is 1. The number of ether oxygens (including phenoxy) is 1. The van der Waals surface area contributed by atoms with E-state index in [1.54, 1.807) is 30.3 Å². The summed E-state index contributed by atoms with van der Waals surface area (Å²) in [6.07, 6.45) is 1.27. The van der Waals surface area contributed by atoms with Gasteiger partial charge >= 0.3 is 0 Å². The molecule has 0 saturated carbocycles. The van der Waals surface area contributed by atoms with Gasteiger partial charge in [0.05, 0.1) is 6.04 Å². The number of nitrogens with one attached hydrogen (secondary N) is 1. The average molecular weight is 358 g/mol. The van der Waals surface area contributed by atoms with Crippen LogP contribution in [0.25, 0.3) is 11.5 Å². The summed E-state index contributed by atoms with van der Waals surface area (Å²) in [5.74, 6) is 0.793. The van der Waals surface area contributed by atoms with E-state index in [9.17, 15) is 4.79 Å². The van der Waals surface area contributed by atoms with Crippen molar-refractivity contribution in [3.8, 4) is 17.2 Å². The van der Waals surface area contributed by atoms with Crippen molar-refractivity contribution in [2.45, 2.75) is 13.0 Å². The number of benzene rings is 2. The van der Waals surface area contributed by atoms with Crippen molar-refractivity contribution in [3.05, 3.63) is 65.5 Å². The minimum atomic E-state index is -0.214. The average Bonchev–Trinajstić information content (AvgIpc) is 3.15. The van der Waals surface area contributed by atoms with Gasteiger partial charge in [0.2, 0.25) is 12.3 Å². The molecule has 3 aromatic rings. The molecule has 0 aliphatic carbocycles. The maximum atomic E-state index is 12.0. The number of aromatic nitrogens is 2. The Hall–Kier alpha value is -2.86. The standard InChI is InChI=1S/C18H16ClN3O3/c1-12(14-3-2-4-15(19)9-14)21-17(23)10-24-16-7-5-13(6-8-16)18-22-20-11-25-18/h2-9,11-12H,10H2,1H3,(H,21,23)/t12-/m0/s1. The van der Waals surface area contributed by atoms with Gasteiger partial charge < -0.3 is 14.5 Å². The highest BCUT2D eigenvalue weighted by Gasteiger charge is 2.11. The van der Waals surface area contributed by atoms with E-state index < -0.39 is 0 Å². The minimum Gasteiger partial charge on any atom is -0.484 e. The summed E-state index contributed by atoms with van der Waals surface area (Å²) in [4.78, 5) is 12.0. The molecule has 7 heteroatoms. The van der Waals surface area contributed by atoms with Crippen molar-refractivity contribution >= 4 is 17.5 Å². The fourth-order valence-electron chi connectivity index (χ4n) is 2.28. The van der Waals surface area contributed by atoms with E-state index >= 15 is 0 Å². The third-order valence-corrected chi connectivity index (χ3v) is 3.79. The molecular formula is C18H16ClN3O3. The Morgan fingerprint density at radius 3 is 2.76 bits per heavy atom. The SMILES string of the molecule is C[C@H](NC(=O)COc1ccc(-c2nnco2)cc1)c1cccc(Cl)c1. The van der Waals surface area contributed by atoms with Crippen LogP contribution in [0.5, 0.6) is 5.75 Å². The number of carbonyl (C=O) groups is 1. The quantitative estimate of drug-likeness (QED) is 0.728. The molecule has 25 heavy (non-hydrogen) atoms. The summed E-state index contributed by atoms with van der Waals surface area (Å²) < 4.78 is 10.6. The molecule has 0 aliphatic rings. The van der Waals surface area contributed by atoms with Gasteiger partial charge in [-0.3, -0.25) is 4.79 Å². The van der Waals surface area contributed by atoms with Gasteiger partial charge in [0.1, 0.15) is 5.75 Å². The lowest BCUT2D eigenvalue weighted by Gasteiger charge is -2.15. The lowest BCUT2D eigenvalue weighted by atomic mass is 10.1. The summed E-state index contributed by atoms with van der Waals surface area (Å²) >= 11 is 5.96. The normalized spacial score (nSPS) is 11.8. The molecule has 1 N–H and O–H groups in total. The second-order valence-corrected chi connectivity index (χ2v) is 5.84. The molecule has 1 amide bonds. The van der Waals surface area contributed by atoms with Gasteiger partial charge in [-0.05, 0) is 48.9 Å².